The van der Waals surface area contributed by atoms with Crippen molar-refractivity contribution in [3.8, 4) is 17.7 Å². The number of hydrogen-bond acceptors (Lipinski definition) is 7. The average molecular weight is 378 g/mol. The van der Waals surface area contributed by atoms with Crippen molar-refractivity contribution in [2.75, 3.05) is 36.9 Å². The van der Waals surface area contributed by atoms with Crippen LogP contribution < -0.4 is 10.6 Å². The van der Waals surface area contributed by atoms with Crippen molar-refractivity contribution in [1.29, 1.82) is 0 Å². The lowest BCUT2D eigenvalue weighted by molar-refractivity contribution is 0.122. The van der Waals surface area contributed by atoms with E-state index in [1.165, 1.54) is 0 Å². The first-order valence-electron chi connectivity index (χ1n) is 9.10. The molecule has 144 valence electrons. The summed E-state index contributed by atoms with van der Waals surface area (Å²) >= 11 is 0. The number of fused-ring (bicyclic) bond motifs is 1. The molecule has 1 saturated heterocycles. The van der Waals surface area contributed by atoms with Gasteiger partial charge < -0.3 is 25.0 Å². The Balaban J connectivity index is 1.90. The smallest absolute Gasteiger partial charge is 0.221 e. The maximum atomic E-state index is 9.97. The molecule has 8 nitrogen and oxygen atoms in total. The molecular formula is C20H22N6O2. The molecule has 28 heavy (non-hydrogen) atoms. The van der Waals surface area contributed by atoms with Crippen molar-refractivity contribution in [3.63, 3.8) is 0 Å². The van der Waals surface area contributed by atoms with E-state index in [2.05, 4.69) is 26.7 Å². The van der Waals surface area contributed by atoms with E-state index in [0.717, 1.165) is 29.8 Å². The minimum atomic E-state index is -1.10. The van der Waals surface area contributed by atoms with Crippen LogP contribution in [0.25, 0.3) is 16.7 Å². The lowest BCUT2D eigenvalue weighted by atomic mass is 10.1. The van der Waals surface area contributed by atoms with E-state index in [4.69, 9.17) is 15.5 Å². The van der Waals surface area contributed by atoms with Gasteiger partial charge in [0.2, 0.25) is 5.95 Å². The lowest BCUT2D eigenvalue weighted by Gasteiger charge is -2.28. The van der Waals surface area contributed by atoms with Crippen molar-refractivity contribution in [2.45, 2.75) is 19.4 Å². The quantitative estimate of drug-likeness (QED) is 0.649. The Labute approximate surface area is 163 Å². The van der Waals surface area contributed by atoms with E-state index < -0.39 is 5.60 Å². The molecular weight excluding hydrogens is 356 g/mol. The molecule has 3 aromatic heterocycles. The second-order valence-electron chi connectivity index (χ2n) is 7.13. The number of rotatable bonds is 2. The zero-order valence-corrected chi connectivity index (χ0v) is 15.9. The summed E-state index contributed by atoms with van der Waals surface area (Å²) in [5, 5.41) is 11.0. The van der Waals surface area contributed by atoms with E-state index in [9.17, 15) is 5.11 Å². The van der Waals surface area contributed by atoms with Crippen LogP contribution in [-0.4, -0.2) is 56.5 Å². The van der Waals surface area contributed by atoms with E-state index in [-0.39, 0.29) is 5.95 Å². The molecule has 8 heteroatoms. The highest BCUT2D eigenvalue weighted by molar-refractivity contribution is 5.92. The monoisotopic (exact) mass is 378 g/mol. The van der Waals surface area contributed by atoms with Crippen LogP contribution in [0, 0.1) is 11.8 Å². The number of morpholine rings is 1. The molecule has 0 radical (unpaired) electrons. The van der Waals surface area contributed by atoms with E-state index >= 15 is 0 Å². The zero-order valence-electron chi connectivity index (χ0n) is 15.9. The van der Waals surface area contributed by atoms with Gasteiger partial charge in [0, 0.05) is 30.9 Å². The van der Waals surface area contributed by atoms with Crippen molar-refractivity contribution in [2.24, 2.45) is 0 Å². The van der Waals surface area contributed by atoms with E-state index in [1.807, 2.05) is 22.9 Å². The molecule has 0 aromatic carbocycles. The van der Waals surface area contributed by atoms with Gasteiger partial charge in [-0.15, -0.1) is 0 Å². The second kappa shape index (κ2) is 7.11. The van der Waals surface area contributed by atoms with E-state index in [1.54, 1.807) is 26.1 Å². The van der Waals surface area contributed by atoms with E-state index in [0.29, 0.717) is 24.7 Å². The van der Waals surface area contributed by atoms with Gasteiger partial charge in [0.05, 0.1) is 18.7 Å². The highest BCUT2D eigenvalue weighted by atomic mass is 16.5. The molecule has 0 amide bonds. The van der Waals surface area contributed by atoms with Crippen LogP contribution in [-0.2, 0) is 4.74 Å². The summed E-state index contributed by atoms with van der Waals surface area (Å²) in [6.45, 7) is 6.13. The van der Waals surface area contributed by atoms with Crippen LogP contribution in [0.2, 0.25) is 0 Å². The molecule has 0 bridgehead atoms. The Hall–Kier alpha value is -3.15. The van der Waals surface area contributed by atoms with Crippen molar-refractivity contribution in [1.82, 2.24) is 19.5 Å². The molecule has 3 aromatic rings. The lowest BCUT2D eigenvalue weighted by Crippen LogP contribution is -2.37. The standard InChI is InChI=1S/C20H22N6O2/c1-20(2,27)6-3-14-13-16-15(18(23-14)25-9-11-28-12-10-25)5-8-26(16)17-4-7-22-19(21)24-17/h4-5,7-8,13,27H,9-12H2,1-2H3,(H2,21,22,24). The first-order valence-corrected chi connectivity index (χ1v) is 9.10. The van der Waals surface area contributed by atoms with Crippen LogP contribution in [0.1, 0.15) is 19.5 Å². The molecule has 0 unspecified atom stereocenters. The van der Waals surface area contributed by atoms with Gasteiger partial charge in [0.25, 0.3) is 0 Å². The topological polar surface area (TPSA) is 102 Å². The Kier molecular flexibility index (Phi) is 4.63. The highest BCUT2D eigenvalue weighted by Crippen LogP contribution is 2.29. The molecule has 1 aliphatic rings. The van der Waals surface area contributed by atoms with Gasteiger partial charge in [0.1, 0.15) is 22.9 Å². The first-order chi connectivity index (χ1) is 13.4. The average Bonchev–Trinajstić information content (AvgIpc) is 3.10. The van der Waals surface area contributed by atoms with Gasteiger partial charge in [-0.05, 0) is 38.0 Å². The zero-order chi connectivity index (χ0) is 19.7. The molecule has 0 atom stereocenters. The molecule has 3 N–H and O–H groups in total. The maximum absolute atomic E-state index is 9.97. The molecule has 1 fully saturated rings. The van der Waals surface area contributed by atoms with Crippen LogP contribution in [0.3, 0.4) is 0 Å². The van der Waals surface area contributed by atoms with Gasteiger partial charge >= 0.3 is 0 Å². The predicted octanol–water partition coefficient (Wildman–Crippen LogP) is 1.36. The van der Waals surface area contributed by atoms with Gasteiger partial charge in [-0.25, -0.2) is 9.97 Å². The molecule has 0 spiro atoms. The molecule has 4 rings (SSSR count). The summed E-state index contributed by atoms with van der Waals surface area (Å²) in [5.41, 5.74) is 6.16. The fourth-order valence-electron chi connectivity index (χ4n) is 3.11. The summed E-state index contributed by atoms with van der Waals surface area (Å²) < 4.78 is 7.42. The van der Waals surface area contributed by atoms with Gasteiger partial charge in [-0.3, -0.25) is 0 Å². The minimum absolute atomic E-state index is 0.212. The summed E-state index contributed by atoms with van der Waals surface area (Å²) in [7, 11) is 0. The normalized spacial score (nSPS) is 14.8. The number of nitrogens with two attached hydrogens (primary N) is 1. The van der Waals surface area contributed by atoms with Crippen LogP contribution in [0.4, 0.5) is 11.8 Å². The van der Waals surface area contributed by atoms with Crippen molar-refractivity contribution < 1.29 is 9.84 Å². The SMILES string of the molecule is CC(C)(O)C#Cc1cc2c(ccn2-c2ccnc(N)n2)c(N2CCOCC2)n1. The van der Waals surface area contributed by atoms with Gasteiger partial charge in [0.15, 0.2) is 0 Å². The number of hydrogen-bond donors (Lipinski definition) is 2. The van der Waals surface area contributed by atoms with Crippen molar-refractivity contribution >= 4 is 22.7 Å². The number of aliphatic hydroxyl groups is 1. The molecule has 1 aliphatic heterocycles. The largest absolute Gasteiger partial charge is 0.378 e. The molecule has 0 saturated carbocycles. The summed E-state index contributed by atoms with van der Waals surface area (Å²) in [5.74, 6) is 7.56. The maximum Gasteiger partial charge on any atom is 0.221 e. The number of ether oxygens (including phenoxy) is 1. The Bertz CT molecular complexity index is 1070. The third kappa shape index (κ3) is 3.76. The van der Waals surface area contributed by atoms with Gasteiger partial charge in [-0.2, -0.15) is 4.98 Å². The number of nitrogen functional groups attached to an aromatic ring is 1. The summed E-state index contributed by atoms with van der Waals surface area (Å²) in [6.07, 6.45) is 3.56. The molecule has 0 aliphatic carbocycles. The Morgan fingerprint density at radius 1 is 1.21 bits per heavy atom. The number of aromatic nitrogens is 4. The predicted molar refractivity (Wildman–Crippen MR) is 107 cm³/mol. The first kappa shape index (κ1) is 18.2. The third-order valence-electron chi connectivity index (χ3n) is 4.38. The van der Waals surface area contributed by atoms with Crippen LogP contribution in [0.15, 0.2) is 30.6 Å². The second-order valence-corrected chi connectivity index (χ2v) is 7.13. The fourth-order valence-corrected chi connectivity index (χ4v) is 3.11. The highest BCUT2D eigenvalue weighted by Gasteiger charge is 2.19. The summed E-state index contributed by atoms with van der Waals surface area (Å²) in [4.78, 5) is 15.2. The minimum Gasteiger partial charge on any atom is -0.378 e. The fraction of sp³-hybridized carbons (Fsp3) is 0.350. The molecule has 4 heterocycles. The third-order valence-corrected chi connectivity index (χ3v) is 4.38. The van der Waals surface area contributed by atoms with Crippen molar-refractivity contribution in [3.05, 3.63) is 36.3 Å². The Morgan fingerprint density at radius 3 is 2.71 bits per heavy atom. The number of pyridine rings is 1. The van der Waals surface area contributed by atoms with Crippen LogP contribution in [0.5, 0.6) is 0 Å². The Morgan fingerprint density at radius 2 is 2.00 bits per heavy atom. The number of anilines is 2. The summed E-state index contributed by atoms with van der Waals surface area (Å²) in [6, 6.07) is 5.71. The van der Waals surface area contributed by atoms with Gasteiger partial charge in [-0.1, -0.05) is 5.92 Å². The van der Waals surface area contributed by atoms with Crippen LogP contribution >= 0.6 is 0 Å². The number of nitrogens with zero attached hydrogens (tertiary/aromatic N) is 5.